The Hall–Kier alpha value is -1.99. The second kappa shape index (κ2) is 5.33. The van der Waals surface area contributed by atoms with Gasteiger partial charge in [0.1, 0.15) is 5.69 Å². The Kier molecular flexibility index (Phi) is 3.77. The molecule has 5 heteroatoms. The Morgan fingerprint density at radius 1 is 1.53 bits per heavy atom. The monoisotopic (exact) mass is 275 g/mol. The van der Waals surface area contributed by atoms with Crippen LogP contribution in [0.15, 0.2) is 24.3 Å². The fourth-order valence-corrected chi connectivity index (χ4v) is 2.45. The van der Waals surface area contributed by atoms with Gasteiger partial charge in [0.25, 0.3) is 5.91 Å². The van der Waals surface area contributed by atoms with Gasteiger partial charge in [0.2, 0.25) is 0 Å². The van der Waals surface area contributed by atoms with Crippen LogP contribution in [-0.4, -0.2) is 16.5 Å². The predicted octanol–water partition coefficient (Wildman–Crippen LogP) is 2.86. The number of nitriles is 1. The highest BCUT2D eigenvalue weighted by atomic mass is 35.5. The van der Waals surface area contributed by atoms with Crippen LogP contribution >= 0.6 is 11.6 Å². The van der Waals surface area contributed by atoms with Crippen LogP contribution in [0.5, 0.6) is 0 Å². The molecule has 1 aromatic heterocycles. The van der Waals surface area contributed by atoms with Crippen molar-refractivity contribution in [3.8, 4) is 6.07 Å². The average molecular weight is 276 g/mol. The van der Waals surface area contributed by atoms with Gasteiger partial charge in [-0.05, 0) is 13.0 Å². The third-order valence-electron chi connectivity index (χ3n) is 3.04. The maximum absolute atomic E-state index is 12.2. The Balaban J connectivity index is 2.40. The minimum Gasteiger partial charge on any atom is -0.347 e. The molecule has 0 spiro atoms. The van der Waals surface area contributed by atoms with Crippen LogP contribution in [0.25, 0.3) is 10.9 Å². The summed E-state index contributed by atoms with van der Waals surface area (Å²) < 4.78 is 1.77. The molecule has 0 unspecified atom stereocenters. The number of aromatic nitrogens is 1. The third-order valence-corrected chi connectivity index (χ3v) is 3.42. The summed E-state index contributed by atoms with van der Waals surface area (Å²) in [6.45, 7) is 1.79. The van der Waals surface area contributed by atoms with Crippen molar-refractivity contribution in [1.82, 2.24) is 9.88 Å². The van der Waals surface area contributed by atoms with E-state index in [9.17, 15) is 4.79 Å². The van der Waals surface area contributed by atoms with Gasteiger partial charge in [-0.2, -0.15) is 5.26 Å². The highest BCUT2D eigenvalue weighted by molar-refractivity contribution is 6.38. The number of amides is 1. The van der Waals surface area contributed by atoms with Crippen LogP contribution in [-0.2, 0) is 7.05 Å². The van der Waals surface area contributed by atoms with Crippen LogP contribution in [0.4, 0.5) is 0 Å². The summed E-state index contributed by atoms with van der Waals surface area (Å²) in [6, 6.07) is 9.40. The molecule has 0 saturated heterocycles. The number of rotatable bonds is 3. The second-order valence-electron chi connectivity index (χ2n) is 4.48. The topological polar surface area (TPSA) is 57.8 Å². The summed E-state index contributed by atoms with van der Waals surface area (Å²) in [5.41, 5.74) is 1.33. The van der Waals surface area contributed by atoms with Gasteiger partial charge in [-0.25, -0.2) is 0 Å². The fraction of sp³-hybridized carbons (Fsp3) is 0.286. The van der Waals surface area contributed by atoms with E-state index >= 15 is 0 Å². The van der Waals surface area contributed by atoms with Crippen LogP contribution in [0.3, 0.4) is 0 Å². The summed E-state index contributed by atoms with van der Waals surface area (Å²) in [5, 5.41) is 12.7. The second-order valence-corrected chi connectivity index (χ2v) is 4.85. The van der Waals surface area contributed by atoms with Crippen molar-refractivity contribution in [1.29, 1.82) is 5.26 Å². The lowest BCUT2D eigenvalue weighted by molar-refractivity contribution is 0.0933. The minimum absolute atomic E-state index is 0.202. The average Bonchev–Trinajstić information content (AvgIpc) is 2.63. The van der Waals surface area contributed by atoms with Crippen molar-refractivity contribution >= 4 is 28.4 Å². The predicted molar refractivity (Wildman–Crippen MR) is 75.1 cm³/mol. The summed E-state index contributed by atoms with van der Waals surface area (Å²) in [4.78, 5) is 12.2. The molecule has 1 amide bonds. The van der Waals surface area contributed by atoms with Gasteiger partial charge < -0.3 is 9.88 Å². The first-order valence-corrected chi connectivity index (χ1v) is 6.34. The number of para-hydroxylation sites is 1. The van der Waals surface area contributed by atoms with Gasteiger partial charge in [-0.15, -0.1) is 0 Å². The highest BCUT2D eigenvalue weighted by Gasteiger charge is 2.20. The van der Waals surface area contributed by atoms with Crippen molar-refractivity contribution in [2.45, 2.75) is 19.4 Å². The molecule has 98 valence electrons. The van der Waals surface area contributed by atoms with Crippen molar-refractivity contribution in [3.63, 3.8) is 0 Å². The molecule has 19 heavy (non-hydrogen) atoms. The lowest BCUT2D eigenvalue weighted by Crippen LogP contribution is -2.33. The van der Waals surface area contributed by atoms with Gasteiger partial charge in [0.15, 0.2) is 0 Å². The summed E-state index contributed by atoms with van der Waals surface area (Å²) >= 11 is 6.27. The maximum atomic E-state index is 12.2. The van der Waals surface area contributed by atoms with E-state index in [0.29, 0.717) is 10.7 Å². The van der Waals surface area contributed by atoms with E-state index < -0.39 is 0 Å². The molecule has 2 aromatic rings. The van der Waals surface area contributed by atoms with Crippen molar-refractivity contribution < 1.29 is 4.79 Å². The van der Waals surface area contributed by atoms with Gasteiger partial charge in [-0.3, -0.25) is 4.79 Å². The quantitative estimate of drug-likeness (QED) is 0.936. The van der Waals surface area contributed by atoms with E-state index in [1.54, 1.807) is 18.5 Å². The van der Waals surface area contributed by atoms with E-state index in [4.69, 9.17) is 16.9 Å². The molecule has 0 saturated carbocycles. The number of hydrogen-bond donors (Lipinski definition) is 1. The zero-order valence-corrected chi connectivity index (χ0v) is 11.5. The van der Waals surface area contributed by atoms with Gasteiger partial charge in [0.05, 0.1) is 17.5 Å². The first kappa shape index (κ1) is 13.4. The summed E-state index contributed by atoms with van der Waals surface area (Å²) in [5.74, 6) is -0.258. The Bertz CT molecular complexity index is 630. The normalized spacial score (nSPS) is 12.1. The number of carbonyl (C=O) groups excluding carboxylic acids is 1. The zero-order chi connectivity index (χ0) is 14.0. The fourth-order valence-electron chi connectivity index (χ4n) is 2.08. The minimum atomic E-state index is -0.258. The molecule has 1 atom stereocenters. The van der Waals surface area contributed by atoms with Crippen molar-refractivity contribution in [2.24, 2.45) is 7.05 Å². The molecular formula is C14H14ClN3O. The molecular weight excluding hydrogens is 262 g/mol. The van der Waals surface area contributed by atoms with E-state index in [1.807, 2.05) is 30.3 Å². The molecule has 0 aliphatic heterocycles. The first-order chi connectivity index (χ1) is 9.06. The molecule has 0 fully saturated rings. The molecule has 0 aliphatic rings. The van der Waals surface area contributed by atoms with Gasteiger partial charge in [-0.1, -0.05) is 29.8 Å². The Morgan fingerprint density at radius 3 is 2.84 bits per heavy atom. The molecule has 4 nitrogen and oxygen atoms in total. The lowest BCUT2D eigenvalue weighted by Gasteiger charge is -2.11. The molecule has 2 rings (SSSR count). The number of nitrogens with one attached hydrogen (secondary N) is 1. The number of benzene rings is 1. The highest BCUT2D eigenvalue weighted by Crippen LogP contribution is 2.29. The van der Waals surface area contributed by atoms with Crippen molar-refractivity contribution in [2.75, 3.05) is 0 Å². The molecule has 0 radical (unpaired) electrons. The number of aryl methyl sites for hydroxylation is 1. The van der Waals surface area contributed by atoms with Gasteiger partial charge in [0, 0.05) is 24.0 Å². The van der Waals surface area contributed by atoms with Crippen LogP contribution in [0.2, 0.25) is 5.02 Å². The molecule has 1 aromatic carbocycles. The maximum Gasteiger partial charge on any atom is 0.269 e. The van der Waals surface area contributed by atoms with E-state index in [-0.39, 0.29) is 18.4 Å². The molecule has 1 heterocycles. The summed E-state index contributed by atoms with van der Waals surface area (Å²) in [6.07, 6.45) is 0.271. The first-order valence-electron chi connectivity index (χ1n) is 5.97. The smallest absolute Gasteiger partial charge is 0.269 e. The summed E-state index contributed by atoms with van der Waals surface area (Å²) in [7, 11) is 1.80. The number of halogens is 1. The van der Waals surface area contributed by atoms with Crippen molar-refractivity contribution in [3.05, 3.63) is 35.0 Å². The Labute approximate surface area is 116 Å². The van der Waals surface area contributed by atoms with Gasteiger partial charge >= 0.3 is 0 Å². The lowest BCUT2D eigenvalue weighted by atomic mass is 10.2. The number of hydrogen-bond acceptors (Lipinski definition) is 2. The third kappa shape index (κ3) is 2.42. The van der Waals surface area contributed by atoms with Crippen LogP contribution in [0, 0.1) is 11.3 Å². The van der Waals surface area contributed by atoms with E-state index in [0.717, 1.165) is 10.9 Å². The molecule has 0 aliphatic carbocycles. The Morgan fingerprint density at radius 2 is 2.21 bits per heavy atom. The number of carbonyl (C=O) groups is 1. The number of nitrogens with zero attached hydrogens (tertiary/aromatic N) is 2. The zero-order valence-electron chi connectivity index (χ0n) is 10.8. The van der Waals surface area contributed by atoms with E-state index in [2.05, 4.69) is 5.32 Å². The SMILES string of the molecule is C[C@H](CC#N)NC(=O)c1c(Cl)c2ccccc2n1C. The van der Waals surface area contributed by atoms with Crippen LogP contribution in [0.1, 0.15) is 23.8 Å². The largest absolute Gasteiger partial charge is 0.347 e. The molecule has 0 bridgehead atoms. The molecule has 1 N–H and O–H groups in total. The van der Waals surface area contributed by atoms with E-state index in [1.165, 1.54) is 0 Å². The number of fused-ring (bicyclic) bond motifs is 1. The standard InChI is InChI=1S/C14H14ClN3O/c1-9(7-8-16)17-14(19)13-12(15)10-5-3-4-6-11(10)18(13)2/h3-6,9H,7H2,1-2H3,(H,17,19)/t9-/m1/s1. The van der Waals surface area contributed by atoms with Crippen LogP contribution < -0.4 is 5.32 Å².